The molecule has 1 aromatic carbocycles. The number of carbonyl (C=O) groups excluding carboxylic acids is 2. The van der Waals surface area contributed by atoms with Gasteiger partial charge >= 0.3 is 0 Å². The van der Waals surface area contributed by atoms with Gasteiger partial charge in [-0.3, -0.25) is 14.9 Å². The fourth-order valence-corrected chi connectivity index (χ4v) is 2.40. The van der Waals surface area contributed by atoms with Gasteiger partial charge in [0.1, 0.15) is 6.04 Å². The van der Waals surface area contributed by atoms with Crippen molar-refractivity contribution in [3.05, 3.63) is 26.2 Å². The van der Waals surface area contributed by atoms with Gasteiger partial charge in [0.25, 0.3) is 0 Å². The van der Waals surface area contributed by atoms with Crippen molar-refractivity contribution in [1.82, 2.24) is 10.6 Å². The minimum Gasteiger partial charge on any atom is -0.353 e. The Balaban J connectivity index is 2.02. The van der Waals surface area contributed by atoms with E-state index in [1.165, 1.54) is 0 Å². The van der Waals surface area contributed by atoms with Crippen molar-refractivity contribution < 1.29 is 9.59 Å². The molecule has 0 saturated carbocycles. The second-order valence-electron chi connectivity index (χ2n) is 3.85. The Kier molecular flexibility index (Phi) is 4.57. The third-order valence-corrected chi connectivity index (χ3v) is 3.88. The van der Waals surface area contributed by atoms with E-state index in [0.717, 1.165) is 13.7 Å². The van der Waals surface area contributed by atoms with E-state index in [9.17, 15) is 9.59 Å². The van der Waals surface area contributed by atoms with Gasteiger partial charge in [-0.25, -0.2) is 0 Å². The van der Waals surface area contributed by atoms with Crippen LogP contribution in [0, 0.1) is 3.57 Å². The zero-order chi connectivity index (χ0) is 13.1. The number of hydrogen-bond acceptors (Lipinski definition) is 3. The van der Waals surface area contributed by atoms with E-state index in [0.29, 0.717) is 6.54 Å². The van der Waals surface area contributed by atoms with Crippen molar-refractivity contribution in [2.24, 2.45) is 0 Å². The normalized spacial score (nSPS) is 19.2. The maximum atomic E-state index is 12.0. The van der Waals surface area contributed by atoms with E-state index in [2.05, 4.69) is 54.5 Å². The average molecular weight is 424 g/mol. The molecular weight excluding hydrogens is 413 g/mol. The lowest BCUT2D eigenvalue weighted by molar-refractivity contribution is -0.124. The summed E-state index contributed by atoms with van der Waals surface area (Å²) in [6.07, 6.45) is 0. The lowest BCUT2D eigenvalue weighted by Gasteiger charge is -2.23. The fourth-order valence-electron chi connectivity index (χ4n) is 1.56. The molecule has 7 heteroatoms. The summed E-state index contributed by atoms with van der Waals surface area (Å²) in [6, 6.07) is 5.31. The van der Waals surface area contributed by atoms with Crippen LogP contribution in [0.1, 0.15) is 0 Å². The van der Waals surface area contributed by atoms with Crippen LogP contribution in [-0.4, -0.2) is 30.9 Å². The minimum atomic E-state index is -0.396. The Labute approximate surface area is 126 Å². The predicted octanol–water partition coefficient (Wildman–Crippen LogP) is 1.08. The summed E-state index contributed by atoms with van der Waals surface area (Å²) < 4.78 is 1.87. The lowest BCUT2D eigenvalue weighted by atomic mass is 10.2. The summed E-state index contributed by atoms with van der Waals surface area (Å²) >= 11 is 5.57. The Hall–Kier alpha value is -0.670. The third kappa shape index (κ3) is 3.42. The van der Waals surface area contributed by atoms with E-state index >= 15 is 0 Å². The van der Waals surface area contributed by atoms with E-state index in [-0.39, 0.29) is 18.4 Å². The monoisotopic (exact) mass is 423 g/mol. The van der Waals surface area contributed by atoms with Crippen molar-refractivity contribution in [3.63, 3.8) is 0 Å². The van der Waals surface area contributed by atoms with Crippen LogP contribution in [0.25, 0.3) is 0 Å². The molecule has 1 fully saturated rings. The summed E-state index contributed by atoms with van der Waals surface area (Å²) in [6.45, 7) is 0.484. The maximum Gasteiger partial charge on any atom is 0.243 e. The van der Waals surface area contributed by atoms with Crippen LogP contribution in [0.2, 0.25) is 0 Å². The smallest absolute Gasteiger partial charge is 0.243 e. The number of anilines is 1. The molecule has 1 heterocycles. The molecule has 1 unspecified atom stereocenters. The molecule has 0 radical (unpaired) electrons. The first-order valence-electron chi connectivity index (χ1n) is 5.32. The second-order valence-corrected chi connectivity index (χ2v) is 5.95. The number of carbonyl (C=O) groups is 2. The number of amides is 2. The van der Waals surface area contributed by atoms with Crippen LogP contribution < -0.4 is 16.0 Å². The highest BCUT2D eigenvalue weighted by molar-refractivity contribution is 14.1. The predicted molar refractivity (Wildman–Crippen MR) is 80.3 cm³/mol. The second kappa shape index (κ2) is 5.98. The quantitative estimate of drug-likeness (QED) is 0.623. The highest BCUT2D eigenvalue weighted by atomic mass is 127. The van der Waals surface area contributed by atoms with Gasteiger partial charge in [0, 0.05) is 14.6 Å². The van der Waals surface area contributed by atoms with Gasteiger partial charge < -0.3 is 10.6 Å². The molecule has 5 nitrogen and oxygen atoms in total. The first-order valence-corrected chi connectivity index (χ1v) is 7.19. The number of piperazine rings is 1. The molecule has 1 atom stereocenters. The number of hydrogen-bond donors (Lipinski definition) is 3. The first-order chi connectivity index (χ1) is 8.56. The molecule has 3 N–H and O–H groups in total. The summed E-state index contributed by atoms with van der Waals surface area (Å²) in [5, 5.41) is 8.36. The zero-order valence-corrected chi connectivity index (χ0v) is 13.0. The van der Waals surface area contributed by atoms with Crippen LogP contribution in [0.4, 0.5) is 5.69 Å². The van der Waals surface area contributed by atoms with Gasteiger partial charge in [0.05, 0.1) is 12.2 Å². The van der Waals surface area contributed by atoms with Crippen molar-refractivity contribution in [2.45, 2.75) is 6.04 Å². The highest BCUT2D eigenvalue weighted by Gasteiger charge is 2.24. The molecule has 2 rings (SSSR count). The lowest BCUT2D eigenvalue weighted by Crippen LogP contribution is -2.56. The summed E-state index contributed by atoms with van der Waals surface area (Å²) in [5.74, 6) is -0.243. The van der Waals surface area contributed by atoms with Gasteiger partial charge in [0.15, 0.2) is 0 Å². The molecule has 1 saturated heterocycles. The van der Waals surface area contributed by atoms with Crippen molar-refractivity contribution >= 4 is 56.0 Å². The molecule has 1 aliphatic heterocycles. The Morgan fingerprint density at radius 2 is 2.28 bits per heavy atom. The molecule has 0 bridgehead atoms. The van der Waals surface area contributed by atoms with Crippen LogP contribution >= 0.6 is 38.5 Å². The molecule has 0 aliphatic carbocycles. The fraction of sp³-hybridized carbons (Fsp3) is 0.273. The average Bonchev–Trinajstić information content (AvgIpc) is 2.34. The number of benzene rings is 1. The van der Waals surface area contributed by atoms with Gasteiger partial charge in [-0.2, -0.15) is 0 Å². The Bertz CT molecular complexity index is 485. The van der Waals surface area contributed by atoms with Crippen LogP contribution in [0.3, 0.4) is 0 Å². The molecule has 0 spiro atoms. The Morgan fingerprint density at radius 1 is 1.50 bits per heavy atom. The van der Waals surface area contributed by atoms with E-state index in [1.54, 1.807) is 0 Å². The summed E-state index contributed by atoms with van der Waals surface area (Å²) in [7, 11) is 0. The topological polar surface area (TPSA) is 70.2 Å². The number of nitrogens with one attached hydrogen (secondary N) is 3. The first kappa shape index (κ1) is 13.8. The van der Waals surface area contributed by atoms with Gasteiger partial charge in [-0.15, -0.1) is 0 Å². The standard InChI is InChI=1S/C11H11BrIN3O2/c12-7-2-1-6(13)3-8(7)16-11(18)9-4-15-10(17)5-14-9/h1-3,9,14H,4-5H2,(H,15,17)(H,16,18). The maximum absolute atomic E-state index is 12.0. The number of halogens is 2. The zero-order valence-electron chi connectivity index (χ0n) is 9.30. The van der Waals surface area contributed by atoms with Crippen molar-refractivity contribution in [2.75, 3.05) is 18.4 Å². The van der Waals surface area contributed by atoms with Crippen molar-refractivity contribution in [1.29, 1.82) is 0 Å². The third-order valence-electron chi connectivity index (χ3n) is 2.52. The van der Waals surface area contributed by atoms with Crippen molar-refractivity contribution in [3.8, 4) is 0 Å². The number of rotatable bonds is 2. The summed E-state index contributed by atoms with van der Waals surface area (Å²) in [5.41, 5.74) is 0.727. The van der Waals surface area contributed by atoms with E-state index < -0.39 is 6.04 Å². The minimum absolute atomic E-state index is 0.0884. The summed E-state index contributed by atoms with van der Waals surface area (Å²) in [4.78, 5) is 23.0. The molecule has 0 aromatic heterocycles. The molecule has 18 heavy (non-hydrogen) atoms. The van der Waals surface area contributed by atoms with Gasteiger partial charge in [-0.1, -0.05) is 0 Å². The molecule has 1 aromatic rings. The van der Waals surface area contributed by atoms with Gasteiger partial charge in [-0.05, 0) is 56.7 Å². The molecular formula is C11H11BrIN3O2. The largest absolute Gasteiger partial charge is 0.353 e. The highest BCUT2D eigenvalue weighted by Crippen LogP contribution is 2.24. The molecule has 2 amide bonds. The van der Waals surface area contributed by atoms with E-state index in [4.69, 9.17) is 0 Å². The Morgan fingerprint density at radius 3 is 2.94 bits per heavy atom. The van der Waals surface area contributed by atoms with Gasteiger partial charge in [0.2, 0.25) is 11.8 Å². The SMILES string of the molecule is O=C1CNC(C(=O)Nc2cc(I)ccc2Br)CN1. The molecule has 96 valence electrons. The van der Waals surface area contributed by atoms with E-state index in [1.807, 2.05) is 18.2 Å². The van der Waals surface area contributed by atoms with Crippen LogP contribution in [0.5, 0.6) is 0 Å². The van der Waals surface area contributed by atoms with Crippen LogP contribution in [0.15, 0.2) is 22.7 Å². The molecule has 1 aliphatic rings. The van der Waals surface area contributed by atoms with Crippen LogP contribution in [-0.2, 0) is 9.59 Å².